The summed E-state index contributed by atoms with van der Waals surface area (Å²) in [5, 5.41) is 23.1. The van der Waals surface area contributed by atoms with Crippen molar-refractivity contribution in [1.82, 2.24) is 9.80 Å². The third-order valence-corrected chi connectivity index (χ3v) is 11.2. The number of allylic oxidation sites excluding steroid dienone is 8. The van der Waals surface area contributed by atoms with Crippen LogP contribution in [0.2, 0.25) is 0 Å². The van der Waals surface area contributed by atoms with Gasteiger partial charge in [0.05, 0.1) is 11.9 Å². The van der Waals surface area contributed by atoms with E-state index in [0.717, 1.165) is 128 Å². The Bertz CT molecular complexity index is 884. The maximum absolute atomic E-state index is 11.5. The normalized spacial score (nSPS) is 14.0. The van der Waals surface area contributed by atoms with Gasteiger partial charge in [-0.25, -0.2) is 0 Å². The zero-order valence-corrected chi connectivity index (χ0v) is 42.6. The Labute approximate surface area is 397 Å². The van der Waals surface area contributed by atoms with Crippen LogP contribution in [0.4, 0.5) is 0 Å². The van der Waals surface area contributed by atoms with Gasteiger partial charge in [-0.05, 0) is 103 Å². The van der Waals surface area contributed by atoms with E-state index in [2.05, 4.69) is 114 Å². The van der Waals surface area contributed by atoms with Crippen molar-refractivity contribution in [1.29, 1.82) is 0 Å². The fraction of sp³-hybridized carbons (Fsp3) is 0.808. The molecule has 59 heavy (non-hydrogen) atoms. The van der Waals surface area contributed by atoms with Crippen molar-refractivity contribution in [3.63, 3.8) is 0 Å². The zero-order chi connectivity index (χ0) is 43.5. The topological polar surface area (TPSA) is 86.7 Å². The molecule has 4 unspecified atom stereocenters. The molecule has 0 aromatic carbocycles. The number of rotatable bonds is 40. The van der Waals surface area contributed by atoms with E-state index in [0.29, 0.717) is 24.2 Å². The Balaban J connectivity index is -0.00000105. The van der Waals surface area contributed by atoms with Crippen molar-refractivity contribution >= 4 is 49.7 Å². The zero-order valence-electron chi connectivity index (χ0n) is 40.4. The molecule has 0 aliphatic heterocycles. The van der Waals surface area contributed by atoms with E-state index < -0.39 is 11.9 Å². The minimum Gasteiger partial charge on any atom is -0.549 e. The van der Waals surface area contributed by atoms with E-state index in [1.807, 2.05) is 0 Å². The number of carboxylic acid groups (broad SMARTS) is 2. The molecule has 7 heteroatoms. The van der Waals surface area contributed by atoms with Crippen molar-refractivity contribution in [3.8, 4) is 0 Å². The van der Waals surface area contributed by atoms with Crippen molar-refractivity contribution < 1.29 is 19.8 Å². The third-order valence-electron chi connectivity index (χ3n) is 11.2. The number of aliphatic carboxylic acids is 2. The number of nitrogens with zero attached hydrogens (tertiary/aromatic N) is 2. The third kappa shape index (κ3) is 38.5. The molecule has 0 aromatic heterocycles. The van der Waals surface area contributed by atoms with Crippen molar-refractivity contribution in [3.05, 3.63) is 48.6 Å². The molecule has 0 rings (SSSR count). The fourth-order valence-corrected chi connectivity index (χ4v) is 8.03. The van der Waals surface area contributed by atoms with Gasteiger partial charge in [0.2, 0.25) is 0 Å². The van der Waals surface area contributed by atoms with E-state index in [1.54, 1.807) is 0 Å². The number of hydrogen-bond acceptors (Lipinski definition) is 6. The largest absolute Gasteiger partial charge is 2.00 e. The number of carbonyl (C=O) groups is 2. The van der Waals surface area contributed by atoms with Crippen LogP contribution in [0.25, 0.3) is 0 Å². The average Bonchev–Trinajstić information content (AvgIpc) is 3.20. The summed E-state index contributed by atoms with van der Waals surface area (Å²) < 4.78 is 0. The fourth-order valence-electron chi connectivity index (χ4n) is 8.03. The molecule has 4 atom stereocenters. The van der Waals surface area contributed by atoms with Crippen LogP contribution >= 0.6 is 0 Å². The van der Waals surface area contributed by atoms with Gasteiger partial charge in [-0.1, -0.05) is 181 Å². The predicted octanol–water partition coefficient (Wildman–Crippen LogP) is 12.5. The molecule has 0 saturated carbocycles. The Morgan fingerprint density at radius 2 is 0.559 bits per heavy atom. The first-order valence-corrected chi connectivity index (χ1v) is 24.7. The van der Waals surface area contributed by atoms with Crippen LogP contribution in [-0.2, 0) is 9.59 Å². The molecule has 0 aliphatic carbocycles. The summed E-state index contributed by atoms with van der Waals surface area (Å²) in [6.45, 7) is 17.8. The first kappa shape index (κ1) is 62.4. The molecule has 0 aromatic rings. The van der Waals surface area contributed by atoms with Crippen LogP contribution in [-0.4, -0.2) is 96.7 Å². The molecule has 0 spiro atoms. The van der Waals surface area contributed by atoms with Gasteiger partial charge in [-0.3, -0.25) is 9.80 Å². The van der Waals surface area contributed by atoms with Gasteiger partial charge >= 0.3 is 37.7 Å². The molecule has 0 aliphatic rings. The van der Waals surface area contributed by atoms with Crippen LogP contribution in [0.1, 0.15) is 235 Å². The summed E-state index contributed by atoms with van der Waals surface area (Å²) in [5.74, 6) is -1.88. The van der Waals surface area contributed by atoms with Crippen LogP contribution in [0.5, 0.6) is 0 Å². The second kappa shape index (κ2) is 48.1. The molecule has 0 bridgehead atoms. The molecule has 0 N–H and O–H groups in total. The smallest absolute Gasteiger partial charge is 0.549 e. The van der Waals surface area contributed by atoms with Crippen LogP contribution < -0.4 is 10.2 Å². The van der Waals surface area contributed by atoms with Crippen LogP contribution in [0.3, 0.4) is 0 Å². The SMILES string of the molecule is CCCC/C=C/CCC(CCC)N(CC(=O)[O-])C(CCC)CC/C=C/CCCC.CCCC/C=C/CCC(CCC)N(CC(=O)[O-])C(CCC)CC/C=C/CCCC.[Ca+2]. The van der Waals surface area contributed by atoms with Gasteiger partial charge in [0.1, 0.15) is 0 Å². The number of unbranched alkanes of at least 4 members (excludes halogenated alkanes) is 8. The van der Waals surface area contributed by atoms with Crippen molar-refractivity contribution in [2.75, 3.05) is 13.1 Å². The van der Waals surface area contributed by atoms with Gasteiger partial charge in [0, 0.05) is 37.3 Å². The van der Waals surface area contributed by atoms with E-state index in [4.69, 9.17) is 0 Å². The van der Waals surface area contributed by atoms with E-state index >= 15 is 0 Å². The van der Waals surface area contributed by atoms with Gasteiger partial charge < -0.3 is 19.8 Å². The van der Waals surface area contributed by atoms with Gasteiger partial charge in [-0.15, -0.1) is 0 Å². The predicted molar refractivity (Wildman–Crippen MR) is 256 cm³/mol. The van der Waals surface area contributed by atoms with E-state index in [-0.39, 0.29) is 50.8 Å². The molecule has 6 nitrogen and oxygen atoms in total. The average molecular weight is 853 g/mol. The minimum atomic E-state index is -0.941. The standard InChI is InChI=1S/2C26H49NO2.Ca/c2*1-5-9-11-13-15-17-21-24(19-7-3)27(23-26(28)29)25(20-8-4)22-18-16-14-12-10-6-2;/h2*13-16,24-25H,5-12,17-23H2,1-4H3,(H,28,29);/q;;+2/p-2/b2*15-13+,16-14+;. The van der Waals surface area contributed by atoms with Crippen LogP contribution in [0, 0.1) is 0 Å². The summed E-state index contributed by atoms with van der Waals surface area (Å²) in [5.41, 5.74) is 0. The van der Waals surface area contributed by atoms with Crippen LogP contribution in [0.15, 0.2) is 48.6 Å². The molecule has 0 saturated heterocycles. The monoisotopic (exact) mass is 853 g/mol. The van der Waals surface area contributed by atoms with Gasteiger partial charge in [0.25, 0.3) is 0 Å². The van der Waals surface area contributed by atoms with Gasteiger partial charge in [0.15, 0.2) is 0 Å². The summed E-state index contributed by atoms with van der Waals surface area (Å²) in [7, 11) is 0. The van der Waals surface area contributed by atoms with Crippen molar-refractivity contribution in [2.24, 2.45) is 0 Å². The first-order chi connectivity index (χ1) is 28.2. The molecule has 0 fully saturated rings. The minimum absolute atomic E-state index is 0. The molecule has 340 valence electrons. The molecule has 0 radical (unpaired) electrons. The summed E-state index contributed by atoms with van der Waals surface area (Å²) in [4.78, 5) is 27.6. The summed E-state index contributed by atoms with van der Waals surface area (Å²) in [6.07, 6.45) is 49.7. The van der Waals surface area contributed by atoms with E-state index in [1.165, 1.54) is 51.4 Å². The summed E-state index contributed by atoms with van der Waals surface area (Å²) >= 11 is 0. The number of carboxylic acids is 2. The Hall–Kier alpha value is -0.920. The second-order valence-corrected chi connectivity index (χ2v) is 16.6. The molecule has 0 heterocycles. The number of hydrogen-bond donors (Lipinski definition) is 0. The Morgan fingerprint density at radius 1 is 0.356 bits per heavy atom. The maximum Gasteiger partial charge on any atom is 2.00 e. The molecule has 0 amide bonds. The first-order valence-electron chi connectivity index (χ1n) is 24.7. The summed E-state index contributed by atoms with van der Waals surface area (Å²) in [6, 6.07) is 1.31. The second-order valence-electron chi connectivity index (χ2n) is 16.6. The van der Waals surface area contributed by atoms with E-state index in [9.17, 15) is 19.8 Å². The van der Waals surface area contributed by atoms with Gasteiger partial charge in [-0.2, -0.15) is 0 Å². The van der Waals surface area contributed by atoms with Crippen molar-refractivity contribution in [2.45, 2.75) is 259 Å². The maximum atomic E-state index is 11.5. The number of carbonyl (C=O) groups excluding carboxylic acids is 2. The Morgan fingerprint density at radius 3 is 0.729 bits per heavy atom. The molecular formula is C52H96CaN2O4. The Kier molecular flexibility index (Phi) is 50.9. The molecular weight excluding hydrogens is 757 g/mol. The quantitative estimate of drug-likeness (QED) is 0.0347.